The summed E-state index contributed by atoms with van der Waals surface area (Å²) in [6, 6.07) is 12.1. The average molecular weight is 461 g/mol. The number of carbonyl (C=O) groups is 1. The van der Waals surface area contributed by atoms with Gasteiger partial charge in [0.25, 0.3) is 5.91 Å². The maximum atomic E-state index is 12.0. The fraction of sp³-hybridized carbons (Fsp3) is 0.385. The van der Waals surface area contributed by atoms with Crippen molar-refractivity contribution in [2.75, 3.05) is 31.3 Å². The minimum absolute atomic E-state index is 0.138. The second-order valence-corrected chi connectivity index (χ2v) is 8.90. The minimum atomic E-state index is -0.241. The van der Waals surface area contributed by atoms with Gasteiger partial charge in [0.1, 0.15) is 23.7 Å². The summed E-state index contributed by atoms with van der Waals surface area (Å²) in [4.78, 5) is 25.4. The van der Waals surface area contributed by atoms with Gasteiger partial charge in [-0.1, -0.05) is 19.9 Å². The third-order valence-corrected chi connectivity index (χ3v) is 6.44. The third-order valence-electron chi connectivity index (χ3n) is 6.44. The number of ether oxygens (including phenoxy) is 1. The highest BCUT2D eigenvalue weighted by Gasteiger charge is 2.29. The average Bonchev–Trinajstić information content (AvgIpc) is 3.71. The van der Waals surface area contributed by atoms with Crippen molar-refractivity contribution < 1.29 is 9.53 Å². The number of hydrogen-bond acceptors (Lipinski definition) is 7. The summed E-state index contributed by atoms with van der Waals surface area (Å²) < 4.78 is 5.65. The highest BCUT2D eigenvalue weighted by atomic mass is 16.5. The number of nitrogens with one attached hydrogen (secondary N) is 3. The molecule has 0 spiro atoms. The molecule has 0 bridgehead atoms. The number of anilines is 2. The maximum Gasteiger partial charge on any atom is 0.251 e. The van der Waals surface area contributed by atoms with Crippen molar-refractivity contribution in [1.29, 1.82) is 0 Å². The SMILES string of the molecule is CCC(C)(CNc1cc(-c2ccc(NC3CC3)nc2)ncn1)c1ccc(C(=O)NC)cc1OC. The van der Waals surface area contributed by atoms with Gasteiger partial charge in [0.15, 0.2) is 0 Å². The monoisotopic (exact) mass is 460 g/mol. The molecule has 2 aromatic heterocycles. The molecule has 0 saturated heterocycles. The molecule has 1 aliphatic carbocycles. The Hall–Kier alpha value is -3.68. The fourth-order valence-corrected chi connectivity index (χ4v) is 3.85. The molecular weight excluding hydrogens is 428 g/mol. The second kappa shape index (κ2) is 10.1. The van der Waals surface area contributed by atoms with Crippen molar-refractivity contribution in [3.63, 3.8) is 0 Å². The van der Waals surface area contributed by atoms with E-state index in [1.807, 2.05) is 36.5 Å². The minimum Gasteiger partial charge on any atom is -0.496 e. The van der Waals surface area contributed by atoms with Gasteiger partial charge in [0.05, 0.1) is 12.8 Å². The summed E-state index contributed by atoms with van der Waals surface area (Å²) in [5.74, 6) is 2.20. The third kappa shape index (κ3) is 5.27. The molecule has 8 heteroatoms. The van der Waals surface area contributed by atoms with Crippen LogP contribution in [0.25, 0.3) is 11.3 Å². The summed E-state index contributed by atoms with van der Waals surface area (Å²) in [5.41, 5.74) is 3.12. The number of aromatic nitrogens is 3. The molecule has 3 aromatic rings. The van der Waals surface area contributed by atoms with Gasteiger partial charge in [0.2, 0.25) is 0 Å². The van der Waals surface area contributed by atoms with E-state index in [2.05, 4.69) is 44.7 Å². The van der Waals surface area contributed by atoms with Gasteiger partial charge in [-0.2, -0.15) is 0 Å². The summed E-state index contributed by atoms with van der Waals surface area (Å²) in [5, 5.41) is 9.53. The number of hydrogen-bond donors (Lipinski definition) is 3. The van der Waals surface area contributed by atoms with Crippen molar-refractivity contribution >= 4 is 17.5 Å². The van der Waals surface area contributed by atoms with E-state index in [0.29, 0.717) is 23.9 Å². The molecule has 1 saturated carbocycles. The van der Waals surface area contributed by atoms with Crippen LogP contribution in [0.2, 0.25) is 0 Å². The molecule has 1 atom stereocenters. The normalized spacial score (nSPS) is 14.7. The van der Waals surface area contributed by atoms with E-state index < -0.39 is 0 Å². The van der Waals surface area contributed by atoms with E-state index in [-0.39, 0.29) is 11.3 Å². The lowest BCUT2D eigenvalue weighted by Gasteiger charge is -2.31. The van der Waals surface area contributed by atoms with Crippen molar-refractivity contribution in [1.82, 2.24) is 20.3 Å². The molecule has 1 amide bonds. The molecule has 4 rings (SSSR count). The number of benzene rings is 1. The number of rotatable bonds is 10. The Morgan fingerprint density at radius 3 is 2.59 bits per heavy atom. The van der Waals surface area contributed by atoms with Gasteiger partial charge in [-0.05, 0) is 43.5 Å². The van der Waals surface area contributed by atoms with Gasteiger partial charge in [0, 0.05) is 54.0 Å². The highest BCUT2D eigenvalue weighted by molar-refractivity contribution is 5.94. The Labute approximate surface area is 200 Å². The zero-order valence-electron chi connectivity index (χ0n) is 20.2. The zero-order valence-corrected chi connectivity index (χ0v) is 20.2. The molecule has 178 valence electrons. The lowest BCUT2D eigenvalue weighted by atomic mass is 9.79. The number of pyridine rings is 1. The Bertz CT molecular complexity index is 1150. The molecule has 1 aromatic carbocycles. The maximum absolute atomic E-state index is 12.0. The molecule has 34 heavy (non-hydrogen) atoms. The first-order chi connectivity index (χ1) is 16.5. The Kier molecular flexibility index (Phi) is 6.95. The lowest BCUT2D eigenvalue weighted by Crippen LogP contribution is -2.31. The van der Waals surface area contributed by atoms with Gasteiger partial charge in [-0.15, -0.1) is 0 Å². The van der Waals surface area contributed by atoms with Crippen molar-refractivity contribution in [2.45, 2.75) is 44.6 Å². The van der Waals surface area contributed by atoms with E-state index in [1.54, 1.807) is 26.6 Å². The largest absolute Gasteiger partial charge is 0.496 e. The molecule has 8 nitrogen and oxygen atoms in total. The van der Waals surface area contributed by atoms with E-state index in [4.69, 9.17) is 4.74 Å². The van der Waals surface area contributed by atoms with Gasteiger partial charge in [-0.25, -0.2) is 15.0 Å². The van der Waals surface area contributed by atoms with E-state index in [0.717, 1.165) is 34.9 Å². The summed E-state index contributed by atoms with van der Waals surface area (Å²) in [7, 11) is 3.25. The predicted octanol–water partition coefficient (Wildman–Crippen LogP) is 4.26. The number of carbonyl (C=O) groups excluding carboxylic acids is 1. The Balaban J connectivity index is 1.50. The van der Waals surface area contributed by atoms with Crippen LogP contribution in [0.3, 0.4) is 0 Å². The van der Waals surface area contributed by atoms with Crippen LogP contribution in [0.4, 0.5) is 11.6 Å². The standard InChI is InChI=1S/C26H32N6O2/c1-5-26(2,20-10-6-17(25(33)27-3)12-22(20)34-4)15-29-24-13-21(30-16-31-24)18-7-11-23(28-14-18)32-19-8-9-19/h6-7,10-14,16,19H,5,8-9,15H2,1-4H3,(H,27,33)(H,28,32)(H,29,30,31). The molecule has 2 heterocycles. The smallest absolute Gasteiger partial charge is 0.251 e. The number of methoxy groups -OCH3 is 1. The van der Waals surface area contributed by atoms with Gasteiger partial charge >= 0.3 is 0 Å². The topological polar surface area (TPSA) is 101 Å². The van der Waals surface area contributed by atoms with Crippen LogP contribution < -0.4 is 20.7 Å². The molecule has 0 aliphatic heterocycles. The summed E-state index contributed by atoms with van der Waals surface area (Å²) in [6.45, 7) is 4.95. The van der Waals surface area contributed by atoms with Crippen molar-refractivity contribution in [2.24, 2.45) is 0 Å². The first-order valence-electron chi connectivity index (χ1n) is 11.6. The zero-order chi connectivity index (χ0) is 24.1. The number of nitrogens with zero attached hydrogens (tertiary/aromatic N) is 3. The van der Waals surface area contributed by atoms with Crippen LogP contribution >= 0.6 is 0 Å². The molecule has 0 radical (unpaired) electrons. The summed E-state index contributed by atoms with van der Waals surface area (Å²) in [6.07, 6.45) is 6.70. The van der Waals surface area contributed by atoms with E-state index in [9.17, 15) is 4.79 Å². The predicted molar refractivity (Wildman–Crippen MR) is 134 cm³/mol. The van der Waals surface area contributed by atoms with Crippen LogP contribution in [0.15, 0.2) is 48.9 Å². The van der Waals surface area contributed by atoms with Crippen molar-refractivity contribution in [3.05, 3.63) is 60.0 Å². The summed E-state index contributed by atoms with van der Waals surface area (Å²) >= 11 is 0. The first-order valence-corrected chi connectivity index (χ1v) is 11.6. The number of amides is 1. The quantitative estimate of drug-likeness (QED) is 0.415. The van der Waals surface area contributed by atoms with Crippen molar-refractivity contribution in [3.8, 4) is 17.0 Å². The van der Waals surface area contributed by atoms with Crippen LogP contribution in [-0.2, 0) is 5.41 Å². The first kappa shape index (κ1) is 23.5. The molecular formula is C26H32N6O2. The van der Waals surface area contributed by atoms with Gasteiger partial charge in [-0.3, -0.25) is 4.79 Å². The lowest BCUT2D eigenvalue weighted by molar-refractivity contribution is 0.0962. The second-order valence-electron chi connectivity index (χ2n) is 8.90. The van der Waals surface area contributed by atoms with Crippen LogP contribution in [0.1, 0.15) is 49.0 Å². The fourth-order valence-electron chi connectivity index (χ4n) is 3.85. The van der Waals surface area contributed by atoms with Crippen LogP contribution in [-0.4, -0.2) is 47.6 Å². The molecule has 3 N–H and O–H groups in total. The molecule has 1 unspecified atom stereocenters. The van der Waals surface area contributed by atoms with Gasteiger partial charge < -0.3 is 20.7 Å². The van der Waals surface area contributed by atoms with E-state index in [1.165, 1.54) is 12.8 Å². The Morgan fingerprint density at radius 2 is 1.94 bits per heavy atom. The van der Waals surface area contributed by atoms with Crippen LogP contribution in [0, 0.1) is 0 Å². The highest BCUT2D eigenvalue weighted by Crippen LogP contribution is 2.35. The van der Waals surface area contributed by atoms with E-state index >= 15 is 0 Å². The van der Waals surface area contributed by atoms with Crippen LogP contribution in [0.5, 0.6) is 5.75 Å². The molecule has 1 aliphatic rings. The molecule has 1 fully saturated rings. The Morgan fingerprint density at radius 1 is 1.12 bits per heavy atom.